The first-order chi connectivity index (χ1) is 13.4. The van der Waals surface area contributed by atoms with Gasteiger partial charge in [0.1, 0.15) is 6.61 Å². The van der Waals surface area contributed by atoms with E-state index in [4.69, 9.17) is 14.9 Å². The van der Waals surface area contributed by atoms with Crippen LogP contribution < -0.4 is 0 Å². The highest BCUT2D eigenvalue weighted by atomic mass is 16.5. The fraction of sp³-hybridized carbons (Fsp3) is 0.591. The van der Waals surface area contributed by atoms with Crippen molar-refractivity contribution in [2.45, 2.75) is 60.3 Å². The number of hydrogen-bond acceptors (Lipinski definition) is 6. The topological polar surface area (TPSA) is 110 Å². The van der Waals surface area contributed by atoms with Crippen molar-refractivity contribution in [1.29, 1.82) is 0 Å². The van der Waals surface area contributed by atoms with Gasteiger partial charge < -0.3 is 19.7 Å². The standard InChI is InChI=1S/C12H22O2.C6H10O3.C4H6O2/c1-5-7-8-11(6-2)9-14-12(13)10(3)4;1-5(2)6(8)9-4-3-7;1-3(2)4(5)6/h11H,3,5-9H2,1-2,4H3;7H,1,3-4H2,2H3;1H2,2H3,(H,5,6). The van der Waals surface area contributed by atoms with Crippen molar-refractivity contribution >= 4 is 17.9 Å². The highest BCUT2D eigenvalue weighted by molar-refractivity contribution is 5.87. The molecule has 0 spiro atoms. The predicted octanol–water partition coefficient (Wildman–Crippen LogP) is 4.07. The molecule has 0 aliphatic rings. The Kier molecular flexibility index (Phi) is 21.9. The molecular formula is C22H38O7. The molecule has 0 aliphatic carbocycles. The zero-order valence-corrected chi connectivity index (χ0v) is 18.6. The minimum atomic E-state index is -0.935. The van der Waals surface area contributed by atoms with Crippen LogP contribution in [0.25, 0.3) is 0 Å². The smallest absolute Gasteiger partial charge is 0.333 e. The maximum absolute atomic E-state index is 11.1. The van der Waals surface area contributed by atoms with Gasteiger partial charge in [0.25, 0.3) is 0 Å². The van der Waals surface area contributed by atoms with Gasteiger partial charge in [-0.25, -0.2) is 14.4 Å². The third kappa shape index (κ3) is 23.6. The van der Waals surface area contributed by atoms with Crippen LogP contribution in [0.4, 0.5) is 0 Å². The molecule has 0 saturated heterocycles. The summed E-state index contributed by atoms with van der Waals surface area (Å²) in [7, 11) is 0. The molecule has 0 aliphatic heterocycles. The average Bonchev–Trinajstić information content (AvgIpc) is 2.66. The van der Waals surface area contributed by atoms with Crippen molar-refractivity contribution in [3.8, 4) is 0 Å². The van der Waals surface area contributed by atoms with Gasteiger partial charge in [-0.1, -0.05) is 52.8 Å². The van der Waals surface area contributed by atoms with Crippen molar-refractivity contribution in [2.24, 2.45) is 5.92 Å². The average molecular weight is 415 g/mol. The van der Waals surface area contributed by atoms with Crippen molar-refractivity contribution < 1.29 is 34.1 Å². The highest BCUT2D eigenvalue weighted by Gasteiger charge is 2.09. The number of aliphatic hydroxyl groups is 1. The number of carbonyl (C=O) groups excluding carboxylic acids is 2. The van der Waals surface area contributed by atoms with Crippen LogP contribution in [-0.2, 0) is 23.9 Å². The fourth-order valence-corrected chi connectivity index (χ4v) is 1.48. The summed E-state index contributed by atoms with van der Waals surface area (Å²) in [6.45, 7) is 19.5. The maximum Gasteiger partial charge on any atom is 0.333 e. The molecule has 0 bridgehead atoms. The summed E-state index contributed by atoms with van der Waals surface area (Å²) in [5.74, 6) is -1.14. The summed E-state index contributed by atoms with van der Waals surface area (Å²) in [4.78, 5) is 31.2. The Morgan fingerprint density at radius 3 is 1.66 bits per heavy atom. The Bertz CT molecular complexity index is 523. The van der Waals surface area contributed by atoms with Crippen LogP contribution in [0.15, 0.2) is 36.5 Å². The molecule has 0 aromatic rings. The molecule has 0 aromatic heterocycles. The number of rotatable bonds is 11. The van der Waals surface area contributed by atoms with Crippen molar-refractivity contribution in [2.75, 3.05) is 19.8 Å². The molecule has 0 fully saturated rings. The van der Waals surface area contributed by atoms with Crippen molar-refractivity contribution in [1.82, 2.24) is 0 Å². The minimum absolute atomic E-state index is 0.0473. The van der Waals surface area contributed by atoms with E-state index in [1.165, 1.54) is 19.8 Å². The number of carboxylic acid groups (broad SMARTS) is 1. The molecule has 168 valence electrons. The molecule has 7 nitrogen and oxygen atoms in total. The Balaban J connectivity index is -0.000000386. The van der Waals surface area contributed by atoms with E-state index >= 15 is 0 Å². The number of esters is 2. The van der Waals surface area contributed by atoms with Crippen LogP contribution in [0, 0.1) is 5.92 Å². The normalized spacial score (nSPS) is 10.1. The van der Waals surface area contributed by atoms with E-state index in [1.54, 1.807) is 13.8 Å². The molecule has 1 atom stereocenters. The van der Waals surface area contributed by atoms with Gasteiger partial charge in [0.05, 0.1) is 13.2 Å². The Morgan fingerprint density at radius 1 is 0.897 bits per heavy atom. The van der Waals surface area contributed by atoms with E-state index in [0.29, 0.717) is 23.7 Å². The van der Waals surface area contributed by atoms with E-state index in [2.05, 4.69) is 38.3 Å². The lowest BCUT2D eigenvalue weighted by Gasteiger charge is -2.14. The van der Waals surface area contributed by atoms with E-state index in [-0.39, 0.29) is 24.8 Å². The molecule has 0 saturated carbocycles. The van der Waals surface area contributed by atoms with Gasteiger partial charge in [0.15, 0.2) is 0 Å². The highest BCUT2D eigenvalue weighted by Crippen LogP contribution is 2.13. The number of unbranched alkanes of at least 4 members (excludes halogenated alkanes) is 1. The maximum atomic E-state index is 11.1. The molecule has 0 rings (SSSR count). The van der Waals surface area contributed by atoms with Gasteiger partial charge in [0, 0.05) is 16.7 Å². The third-order valence-corrected chi connectivity index (χ3v) is 3.38. The Labute approximate surface area is 175 Å². The summed E-state index contributed by atoms with van der Waals surface area (Å²) in [5, 5.41) is 16.1. The van der Waals surface area contributed by atoms with E-state index in [1.807, 2.05) is 0 Å². The predicted molar refractivity (Wildman–Crippen MR) is 114 cm³/mol. The van der Waals surface area contributed by atoms with Crippen LogP contribution in [0.2, 0.25) is 0 Å². The lowest BCUT2D eigenvalue weighted by Crippen LogP contribution is -2.14. The molecule has 0 aromatic carbocycles. The minimum Gasteiger partial charge on any atom is -0.478 e. The molecular weight excluding hydrogens is 376 g/mol. The van der Waals surface area contributed by atoms with Gasteiger partial charge in [-0.3, -0.25) is 0 Å². The summed E-state index contributed by atoms with van der Waals surface area (Å²) >= 11 is 0. The molecule has 2 N–H and O–H groups in total. The second-order valence-corrected chi connectivity index (χ2v) is 6.52. The SMILES string of the molecule is C=C(C)C(=O)O.C=C(C)C(=O)OCC(CC)CCCC.C=C(C)C(=O)OCCO. The van der Waals surface area contributed by atoms with Crippen molar-refractivity contribution in [3.05, 3.63) is 36.5 Å². The second kappa shape index (κ2) is 20.3. The van der Waals surface area contributed by atoms with Crippen LogP contribution >= 0.6 is 0 Å². The molecule has 29 heavy (non-hydrogen) atoms. The van der Waals surface area contributed by atoms with Gasteiger partial charge in [-0.05, 0) is 33.1 Å². The number of hydrogen-bond donors (Lipinski definition) is 2. The van der Waals surface area contributed by atoms with Gasteiger partial charge in [0.2, 0.25) is 0 Å². The monoisotopic (exact) mass is 414 g/mol. The lowest BCUT2D eigenvalue weighted by atomic mass is 10.0. The summed E-state index contributed by atoms with van der Waals surface area (Å²) in [6.07, 6.45) is 4.63. The lowest BCUT2D eigenvalue weighted by molar-refractivity contribution is -0.141. The molecule has 7 heteroatoms. The van der Waals surface area contributed by atoms with E-state index in [0.717, 1.165) is 12.8 Å². The Morgan fingerprint density at radius 2 is 1.34 bits per heavy atom. The summed E-state index contributed by atoms with van der Waals surface area (Å²) < 4.78 is 9.58. The quantitative estimate of drug-likeness (QED) is 0.387. The summed E-state index contributed by atoms with van der Waals surface area (Å²) in [5.41, 5.74) is 1.01. The van der Waals surface area contributed by atoms with Gasteiger partial charge >= 0.3 is 17.9 Å². The van der Waals surface area contributed by atoms with E-state index < -0.39 is 11.9 Å². The number of carbonyl (C=O) groups is 3. The fourth-order valence-electron chi connectivity index (χ4n) is 1.48. The number of aliphatic hydroxyl groups excluding tert-OH is 1. The first-order valence-electron chi connectivity index (χ1n) is 9.59. The van der Waals surface area contributed by atoms with Gasteiger partial charge in [-0.2, -0.15) is 0 Å². The Hall–Kier alpha value is -2.41. The second-order valence-electron chi connectivity index (χ2n) is 6.52. The zero-order valence-electron chi connectivity index (χ0n) is 18.6. The van der Waals surface area contributed by atoms with Crippen LogP contribution in [0.1, 0.15) is 60.3 Å². The van der Waals surface area contributed by atoms with Crippen LogP contribution in [0.5, 0.6) is 0 Å². The number of aliphatic carboxylic acids is 1. The largest absolute Gasteiger partial charge is 0.478 e. The molecule has 0 radical (unpaired) electrons. The third-order valence-electron chi connectivity index (χ3n) is 3.38. The van der Waals surface area contributed by atoms with Crippen LogP contribution in [0.3, 0.4) is 0 Å². The zero-order chi connectivity index (χ0) is 23.4. The molecule has 0 heterocycles. The summed E-state index contributed by atoms with van der Waals surface area (Å²) in [6, 6.07) is 0. The number of carboxylic acids is 1. The van der Waals surface area contributed by atoms with Crippen LogP contribution in [-0.4, -0.2) is 47.9 Å². The molecule has 1 unspecified atom stereocenters. The van der Waals surface area contributed by atoms with Crippen molar-refractivity contribution in [3.63, 3.8) is 0 Å². The van der Waals surface area contributed by atoms with Gasteiger partial charge in [-0.15, -0.1) is 0 Å². The number of ether oxygens (including phenoxy) is 2. The van der Waals surface area contributed by atoms with E-state index in [9.17, 15) is 14.4 Å². The molecule has 0 amide bonds. The first-order valence-corrected chi connectivity index (χ1v) is 9.59. The first kappa shape index (κ1) is 31.3.